The quantitative estimate of drug-likeness (QED) is 0.625. The second kappa shape index (κ2) is 7.64. The number of ether oxygens (including phenoxy) is 1. The molecule has 0 unspecified atom stereocenters. The Morgan fingerprint density at radius 1 is 1.22 bits per heavy atom. The molecule has 0 N–H and O–H groups in total. The van der Waals surface area contributed by atoms with Crippen LogP contribution in [0.4, 0.5) is 5.82 Å². The van der Waals surface area contributed by atoms with Gasteiger partial charge in [0.2, 0.25) is 0 Å². The molecule has 0 atom stereocenters. The van der Waals surface area contributed by atoms with Crippen LogP contribution in [0.2, 0.25) is 0 Å². The number of anilines is 1. The zero-order valence-corrected chi connectivity index (χ0v) is 16.5. The van der Waals surface area contributed by atoms with E-state index in [1.54, 1.807) is 17.7 Å². The summed E-state index contributed by atoms with van der Waals surface area (Å²) in [6, 6.07) is 10.4. The Morgan fingerprint density at radius 2 is 1.96 bits per heavy atom. The number of carbonyl (C=O) groups excluding carboxylic acids is 1. The SMILES string of the molecule is CCOC(=O)C1CCN(c2ncnc3sc(-c4ccccc4)c(C)c23)CC1. The smallest absolute Gasteiger partial charge is 0.309 e. The highest BCUT2D eigenvalue weighted by atomic mass is 32.1. The van der Waals surface area contributed by atoms with Crippen LogP contribution in [-0.4, -0.2) is 35.6 Å². The fourth-order valence-electron chi connectivity index (χ4n) is 3.74. The Morgan fingerprint density at radius 3 is 2.67 bits per heavy atom. The predicted octanol–water partition coefficient (Wildman–Crippen LogP) is 4.45. The average Bonchev–Trinajstić information content (AvgIpc) is 3.06. The van der Waals surface area contributed by atoms with E-state index in [1.165, 1.54) is 16.0 Å². The summed E-state index contributed by atoms with van der Waals surface area (Å²) in [6.07, 6.45) is 3.26. The number of piperidine rings is 1. The summed E-state index contributed by atoms with van der Waals surface area (Å²) in [5, 5.41) is 1.14. The molecule has 0 bridgehead atoms. The van der Waals surface area contributed by atoms with Gasteiger partial charge in [0.1, 0.15) is 17.0 Å². The molecule has 4 rings (SSSR count). The summed E-state index contributed by atoms with van der Waals surface area (Å²) < 4.78 is 5.18. The van der Waals surface area contributed by atoms with Gasteiger partial charge in [0.05, 0.1) is 17.9 Å². The number of aromatic nitrogens is 2. The summed E-state index contributed by atoms with van der Waals surface area (Å²) in [5.41, 5.74) is 2.44. The second-order valence-electron chi connectivity index (χ2n) is 6.81. The summed E-state index contributed by atoms with van der Waals surface area (Å²) >= 11 is 1.72. The molecule has 0 amide bonds. The van der Waals surface area contributed by atoms with E-state index in [9.17, 15) is 4.79 Å². The molecule has 0 aliphatic carbocycles. The molecular weight excluding hydrogens is 358 g/mol. The normalized spacial score (nSPS) is 15.3. The lowest BCUT2D eigenvalue weighted by Gasteiger charge is -2.32. The molecule has 5 nitrogen and oxygen atoms in total. The van der Waals surface area contributed by atoms with Crippen LogP contribution in [0.3, 0.4) is 0 Å². The highest BCUT2D eigenvalue weighted by Gasteiger charge is 2.28. The van der Waals surface area contributed by atoms with Crippen molar-refractivity contribution in [2.24, 2.45) is 5.92 Å². The third-order valence-electron chi connectivity index (χ3n) is 5.16. The largest absolute Gasteiger partial charge is 0.466 e. The minimum absolute atomic E-state index is 0.00183. The van der Waals surface area contributed by atoms with Crippen LogP contribution in [-0.2, 0) is 9.53 Å². The third kappa shape index (κ3) is 3.41. The number of hydrogen-bond donors (Lipinski definition) is 0. The summed E-state index contributed by atoms with van der Waals surface area (Å²) in [7, 11) is 0. The third-order valence-corrected chi connectivity index (χ3v) is 6.41. The van der Waals surface area contributed by atoms with Crippen molar-refractivity contribution < 1.29 is 9.53 Å². The Kier molecular flexibility index (Phi) is 5.07. The van der Waals surface area contributed by atoms with E-state index in [-0.39, 0.29) is 11.9 Å². The van der Waals surface area contributed by atoms with Gasteiger partial charge in [-0.2, -0.15) is 0 Å². The van der Waals surface area contributed by atoms with Gasteiger partial charge in [-0.1, -0.05) is 30.3 Å². The van der Waals surface area contributed by atoms with Crippen molar-refractivity contribution >= 4 is 33.3 Å². The topological polar surface area (TPSA) is 55.3 Å². The lowest BCUT2D eigenvalue weighted by Crippen LogP contribution is -2.37. The molecule has 1 saturated heterocycles. The zero-order chi connectivity index (χ0) is 18.8. The molecular formula is C21H23N3O2S. The van der Waals surface area contributed by atoms with Gasteiger partial charge in [0.15, 0.2) is 0 Å². The van der Waals surface area contributed by atoms with Crippen molar-refractivity contribution in [3.05, 3.63) is 42.2 Å². The molecule has 1 fully saturated rings. The Hall–Kier alpha value is -2.47. The maximum absolute atomic E-state index is 12.0. The number of fused-ring (bicyclic) bond motifs is 1. The van der Waals surface area contributed by atoms with Crippen molar-refractivity contribution in [2.45, 2.75) is 26.7 Å². The number of rotatable bonds is 4. The first-order chi connectivity index (χ1) is 13.2. The molecule has 3 heterocycles. The first-order valence-electron chi connectivity index (χ1n) is 9.40. The molecule has 1 aliphatic heterocycles. The van der Waals surface area contributed by atoms with Gasteiger partial charge in [0.25, 0.3) is 0 Å². The average molecular weight is 382 g/mol. The molecule has 3 aromatic rings. The standard InChI is InChI=1S/C21H23N3O2S/c1-3-26-21(25)16-9-11-24(12-10-16)19-17-14(2)18(15-7-5-4-6-8-15)27-20(17)23-13-22-19/h4-8,13,16H,3,9-12H2,1-2H3. The first-order valence-corrected chi connectivity index (χ1v) is 10.2. The van der Waals surface area contributed by atoms with Gasteiger partial charge in [0, 0.05) is 18.0 Å². The van der Waals surface area contributed by atoms with Crippen molar-refractivity contribution in [2.75, 3.05) is 24.6 Å². The summed E-state index contributed by atoms with van der Waals surface area (Å²) in [6.45, 7) is 6.08. The van der Waals surface area contributed by atoms with Gasteiger partial charge >= 0.3 is 5.97 Å². The Bertz CT molecular complexity index is 947. The maximum atomic E-state index is 12.0. The van der Waals surface area contributed by atoms with E-state index in [4.69, 9.17) is 4.74 Å². The predicted molar refractivity (Wildman–Crippen MR) is 109 cm³/mol. The van der Waals surface area contributed by atoms with Gasteiger partial charge in [-0.3, -0.25) is 4.79 Å². The van der Waals surface area contributed by atoms with Crippen LogP contribution in [0, 0.1) is 12.8 Å². The van der Waals surface area contributed by atoms with E-state index in [0.29, 0.717) is 6.61 Å². The molecule has 6 heteroatoms. The number of benzene rings is 1. The van der Waals surface area contributed by atoms with E-state index < -0.39 is 0 Å². The summed E-state index contributed by atoms with van der Waals surface area (Å²) in [4.78, 5) is 25.7. The minimum Gasteiger partial charge on any atom is -0.466 e. The monoisotopic (exact) mass is 381 g/mol. The maximum Gasteiger partial charge on any atom is 0.309 e. The molecule has 140 valence electrons. The van der Waals surface area contributed by atoms with E-state index >= 15 is 0 Å². The van der Waals surface area contributed by atoms with Gasteiger partial charge in [-0.05, 0) is 37.8 Å². The molecule has 2 aromatic heterocycles. The van der Waals surface area contributed by atoms with Crippen LogP contribution in [0.15, 0.2) is 36.7 Å². The van der Waals surface area contributed by atoms with Crippen LogP contribution in [0.25, 0.3) is 20.7 Å². The number of esters is 1. The van der Waals surface area contributed by atoms with Crippen LogP contribution in [0.5, 0.6) is 0 Å². The highest BCUT2D eigenvalue weighted by Crippen LogP contribution is 2.41. The number of nitrogens with zero attached hydrogens (tertiary/aromatic N) is 3. The fourth-order valence-corrected chi connectivity index (χ4v) is 4.89. The molecule has 1 aromatic carbocycles. The van der Waals surface area contributed by atoms with E-state index in [2.05, 4.69) is 46.1 Å². The number of hydrogen-bond acceptors (Lipinski definition) is 6. The van der Waals surface area contributed by atoms with E-state index in [0.717, 1.165) is 42.0 Å². The first kappa shape index (κ1) is 17.9. The number of carbonyl (C=O) groups is 1. The van der Waals surface area contributed by atoms with Gasteiger partial charge in [-0.25, -0.2) is 9.97 Å². The molecule has 0 saturated carbocycles. The number of aryl methyl sites for hydroxylation is 1. The molecule has 0 radical (unpaired) electrons. The van der Waals surface area contributed by atoms with Crippen molar-refractivity contribution in [3.8, 4) is 10.4 Å². The van der Waals surface area contributed by atoms with Crippen LogP contribution >= 0.6 is 11.3 Å². The Balaban J connectivity index is 1.64. The van der Waals surface area contributed by atoms with Crippen molar-refractivity contribution in [1.29, 1.82) is 0 Å². The number of thiophene rings is 1. The summed E-state index contributed by atoms with van der Waals surface area (Å²) in [5.74, 6) is 0.920. The Labute approximate surface area is 163 Å². The molecule has 1 aliphatic rings. The minimum atomic E-state index is -0.0666. The van der Waals surface area contributed by atoms with E-state index in [1.807, 2.05) is 13.0 Å². The van der Waals surface area contributed by atoms with Gasteiger partial charge in [-0.15, -0.1) is 11.3 Å². The van der Waals surface area contributed by atoms with Gasteiger partial charge < -0.3 is 9.64 Å². The lowest BCUT2D eigenvalue weighted by molar-refractivity contribution is -0.148. The molecule has 0 spiro atoms. The van der Waals surface area contributed by atoms with Crippen molar-refractivity contribution in [3.63, 3.8) is 0 Å². The van der Waals surface area contributed by atoms with Crippen molar-refractivity contribution in [1.82, 2.24) is 9.97 Å². The lowest BCUT2D eigenvalue weighted by atomic mass is 9.96. The fraction of sp³-hybridized carbons (Fsp3) is 0.381. The van der Waals surface area contributed by atoms with Crippen LogP contribution < -0.4 is 4.90 Å². The highest BCUT2D eigenvalue weighted by molar-refractivity contribution is 7.22. The second-order valence-corrected chi connectivity index (χ2v) is 7.81. The zero-order valence-electron chi connectivity index (χ0n) is 15.6. The van der Waals surface area contributed by atoms with Crippen LogP contribution in [0.1, 0.15) is 25.3 Å². The molecule has 27 heavy (non-hydrogen) atoms.